The summed E-state index contributed by atoms with van der Waals surface area (Å²) in [5, 5.41) is 0. The molecule has 1 amide bonds. The number of hydrogen-bond donors (Lipinski definition) is 0. The van der Waals surface area contributed by atoms with Crippen LogP contribution in [0.25, 0.3) is 6.08 Å². The third-order valence-corrected chi connectivity index (χ3v) is 6.84. The summed E-state index contributed by atoms with van der Waals surface area (Å²) in [7, 11) is -0.446. The zero-order chi connectivity index (χ0) is 23.5. The van der Waals surface area contributed by atoms with Gasteiger partial charge in [-0.05, 0) is 24.6 Å². The van der Waals surface area contributed by atoms with E-state index in [9.17, 15) is 27.6 Å². The minimum absolute atomic E-state index is 0.00859. The molecule has 2 heterocycles. The highest BCUT2D eigenvalue weighted by molar-refractivity contribution is 7.91. The number of sulfone groups is 1. The Bertz CT molecular complexity index is 1280. The first-order chi connectivity index (χ1) is 15.1. The molecule has 1 aromatic heterocycles. The van der Waals surface area contributed by atoms with Crippen LogP contribution in [0.15, 0.2) is 52.2 Å². The lowest BCUT2D eigenvalue weighted by Crippen LogP contribution is -2.43. The Morgan fingerprint density at radius 3 is 2.50 bits per heavy atom. The van der Waals surface area contributed by atoms with Crippen LogP contribution < -0.4 is 16.1 Å². The molecule has 32 heavy (non-hydrogen) atoms. The fraction of sp³-hybridized carbons (Fsp3) is 0.333. The van der Waals surface area contributed by atoms with Crippen molar-refractivity contribution in [3.63, 3.8) is 0 Å². The van der Waals surface area contributed by atoms with E-state index in [4.69, 9.17) is 4.74 Å². The number of esters is 1. The van der Waals surface area contributed by atoms with Gasteiger partial charge in [0.05, 0.1) is 23.1 Å². The summed E-state index contributed by atoms with van der Waals surface area (Å²) in [5.74, 6) is -1.58. The first-order valence-electron chi connectivity index (χ1n) is 9.78. The molecule has 1 fully saturated rings. The van der Waals surface area contributed by atoms with Crippen molar-refractivity contribution in [3.05, 3.63) is 69.0 Å². The topological polar surface area (TPSA) is 125 Å². The number of hydrogen-bond acceptors (Lipinski definition) is 7. The second kappa shape index (κ2) is 9.35. The van der Waals surface area contributed by atoms with Crippen LogP contribution in [0.3, 0.4) is 0 Å². The number of amides is 1. The van der Waals surface area contributed by atoms with Gasteiger partial charge < -0.3 is 14.2 Å². The van der Waals surface area contributed by atoms with Gasteiger partial charge in [-0.15, -0.1) is 0 Å². The molecule has 0 bridgehead atoms. The largest absolute Gasteiger partial charge is 0.452 e. The molecule has 0 spiro atoms. The lowest BCUT2D eigenvalue weighted by atomic mass is 10.2. The number of benzene rings is 1. The Labute approximate surface area is 184 Å². The van der Waals surface area contributed by atoms with Gasteiger partial charge in [-0.2, -0.15) is 0 Å². The number of aromatic nitrogens is 2. The molecule has 11 heteroatoms. The average molecular weight is 461 g/mol. The highest BCUT2D eigenvalue weighted by atomic mass is 32.2. The van der Waals surface area contributed by atoms with Crippen LogP contribution in [0.1, 0.15) is 12.0 Å². The molecule has 1 aromatic carbocycles. The number of ether oxygens (including phenoxy) is 1. The molecular formula is C21H23N3O7S. The summed E-state index contributed by atoms with van der Waals surface area (Å²) in [5.41, 5.74) is -0.471. The average Bonchev–Trinajstić information content (AvgIpc) is 3.12. The van der Waals surface area contributed by atoms with E-state index in [2.05, 4.69) is 0 Å². The normalized spacial score (nSPS) is 17.4. The molecular weight excluding hydrogens is 438 g/mol. The van der Waals surface area contributed by atoms with Crippen molar-refractivity contribution in [2.75, 3.05) is 23.0 Å². The van der Waals surface area contributed by atoms with E-state index in [1.54, 1.807) is 30.3 Å². The first-order valence-corrected chi connectivity index (χ1v) is 11.6. The van der Waals surface area contributed by atoms with Crippen molar-refractivity contribution in [2.24, 2.45) is 14.1 Å². The van der Waals surface area contributed by atoms with Crippen LogP contribution >= 0.6 is 0 Å². The summed E-state index contributed by atoms with van der Waals surface area (Å²) in [6.07, 6.45) is 3.78. The van der Waals surface area contributed by atoms with Crippen molar-refractivity contribution < 1.29 is 22.7 Å². The van der Waals surface area contributed by atoms with Crippen LogP contribution in [0.4, 0.5) is 5.69 Å². The monoisotopic (exact) mass is 461 g/mol. The van der Waals surface area contributed by atoms with Crippen molar-refractivity contribution in [2.45, 2.75) is 12.5 Å². The quantitative estimate of drug-likeness (QED) is 0.433. The third kappa shape index (κ3) is 5.22. The summed E-state index contributed by atoms with van der Waals surface area (Å²) in [4.78, 5) is 50.1. The molecule has 1 unspecified atom stereocenters. The molecule has 3 rings (SSSR count). The third-order valence-electron chi connectivity index (χ3n) is 5.09. The molecule has 0 aliphatic carbocycles. The Kier molecular flexibility index (Phi) is 6.78. The molecule has 0 saturated carbocycles. The second-order valence-electron chi connectivity index (χ2n) is 7.44. The molecule has 1 atom stereocenters. The van der Waals surface area contributed by atoms with Gasteiger partial charge in [-0.3, -0.25) is 14.2 Å². The van der Waals surface area contributed by atoms with Gasteiger partial charge in [0.2, 0.25) is 0 Å². The van der Waals surface area contributed by atoms with Crippen molar-refractivity contribution >= 4 is 33.5 Å². The summed E-state index contributed by atoms with van der Waals surface area (Å²) in [6, 6.07) is 8.03. The van der Waals surface area contributed by atoms with E-state index in [1.807, 2.05) is 0 Å². The van der Waals surface area contributed by atoms with Crippen molar-refractivity contribution in [3.8, 4) is 0 Å². The Balaban J connectivity index is 1.71. The number of carbonyl (C=O) groups is 2. The van der Waals surface area contributed by atoms with Gasteiger partial charge >= 0.3 is 11.7 Å². The van der Waals surface area contributed by atoms with Crippen LogP contribution in [0.2, 0.25) is 0 Å². The number of aryl methyl sites for hydroxylation is 1. The maximum atomic E-state index is 12.8. The highest BCUT2D eigenvalue weighted by Crippen LogP contribution is 2.24. The van der Waals surface area contributed by atoms with Crippen molar-refractivity contribution in [1.82, 2.24) is 9.13 Å². The Hall–Kier alpha value is -3.47. The van der Waals surface area contributed by atoms with E-state index in [0.29, 0.717) is 12.1 Å². The number of nitrogens with zero attached hydrogens (tertiary/aromatic N) is 3. The molecule has 0 N–H and O–H groups in total. The zero-order valence-corrected chi connectivity index (χ0v) is 18.4. The maximum Gasteiger partial charge on any atom is 0.331 e. The molecule has 1 aliphatic heterocycles. The van der Waals surface area contributed by atoms with Gasteiger partial charge in [0, 0.05) is 32.1 Å². The van der Waals surface area contributed by atoms with Gasteiger partial charge in [0.1, 0.15) is 0 Å². The van der Waals surface area contributed by atoms with Crippen LogP contribution in [0.5, 0.6) is 0 Å². The fourth-order valence-corrected chi connectivity index (χ4v) is 5.18. The first kappa shape index (κ1) is 23.2. The van der Waals surface area contributed by atoms with Crippen LogP contribution in [-0.2, 0) is 38.3 Å². The minimum atomic E-state index is -3.24. The number of rotatable bonds is 6. The minimum Gasteiger partial charge on any atom is -0.452 e. The standard InChI is InChI=1S/C21H23N3O7S/c1-22-12-15(20(27)23(2)21(22)28)8-9-19(26)31-13-18(25)24(16-6-4-3-5-7-16)17-10-11-32(29,30)14-17/h3-9,12,17H,10-11,13-14H2,1-2H3. The predicted octanol–water partition coefficient (Wildman–Crippen LogP) is -0.139. The van der Waals surface area contributed by atoms with Gasteiger partial charge in [-0.25, -0.2) is 18.0 Å². The summed E-state index contributed by atoms with van der Waals surface area (Å²) < 4.78 is 30.9. The Morgan fingerprint density at radius 1 is 1.19 bits per heavy atom. The predicted molar refractivity (Wildman–Crippen MR) is 118 cm³/mol. The van der Waals surface area contributed by atoms with Gasteiger partial charge in [0.15, 0.2) is 16.4 Å². The smallest absolute Gasteiger partial charge is 0.331 e. The molecule has 170 valence electrons. The number of anilines is 1. The Morgan fingerprint density at radius 2 is 1.88 bits per heavy atom. The fourth-order valence-electron chi connectivity index (χ4n) is 3.48. The van der Waals surface area contributed by atoms with E-state index in [1.165, 1.54) is 35.8 Å². The second-order valence-corrected chi connectivity index (χ2v) is 9.67. The molecule has 1 saturated heterocycles. The van der Waals surface area contributed by atoms with E-state index in [-0.39, 0.29) is 17.1 Å². The molecule has 10 nitrogen and oxygen atoms in total. The maximum absolute atomic E-state index is 12.8. The molecule has 0 radical (unpaired) electrons. The summed E-state index contributed by atoms with van der Waals surface area (Å²) in [6.45, 7) is -0.597. The van der Waals surface area contributed by atoms with E-state index >= 15 is 0 Å². The highest BCUT2D eigenvalue weighted by Gasteiger charge is 2.35. The lowest BCUT2D eigenvalue weighted by molar-refractivity contribution is -0.143. The SMILES string of the molecule is Cn1cc(C=CC(=O)OCC(=O)N(c2ccccc2)C2CCS(=O)(=O)C2)c(=O)n(C)c1=O. The number of para-hydroxylation sites is 1. The zero-order valence-electron chi connectivity index (χ0n) is 17.6. The van der Waals surface area contributed by atoms with Crippen LogP contribution in [0, 0.1) is 0 Å². The summed E-state index contributed by atoms with van der Waals surface area (Å²) >= 11 is 0. The van der Waals surface area contributed by atoms with Gasteiger partial charge in [0.25, 0.3) is 11.5 Å². The molecule has 2 aromatic rings. The lowest BCUT2D eigenvalue weighted by Gasteiger charge is -2.28. The van der Waals surface area contributed by atoms with E-state index < -0.39 is 45.6 Å². The van der Waals surface area contributed by atoms with Gasteiger partial charge in [-0.1, -0.05) is 18.2 Å². The van der Waals surface area contributed by atoms with E-state index in [0.717, 1.165) is 10.6 Å². The molecule has 1 aliphatic rings. The number of carbonyl (C=O) groups excluding carboxylic acids is 2. The van der Waals surface area contributed by atoms with Crippen LogP contribution in [-0.4, -0.2) is 53.6 Å². The van der Waals surface area contributed by atoms with Crippen molar-refractivity contribution in [1.29, 1.82) is 0 Å².